The summed E-state index contributed by atoms with van der Waals surface area (Å²) in [6.07, 6.45) is 7.95. The van der Waals surface area contributed by atoms with Crippen molar-refractivity contribution >= 4 is 30.1 Å². The third-order valence-corrected chi connectivity index (χ3v) is 25.5. The fraction of sp³-hybridized carbons (Fsp3) is 0.576. The van der Waals surface area contributed by atoms with Gasteiger partial charge in [-0.15, -0.1) is 0 Å². The van der Waals surface area contributed by atoms with Gasteiger partial charge in [-0.1, -0.05) is 0 Å². The van der Waals surface area contributed by atoms with E-state index in [1.54, 1.807) is 0 Å². The van der Waals surface area contributed by atoms with E-state index >= 15 is 0 Å². The van der Waals surface area contributed by atoms with Crippen LogP contribution >= 0.6 is 0 Å². The van der Waals surface area contributed by atoms with Crippen LogP contribution in [0.25, 0.3) is 0 Å². The van der Waals surface area contributed by atoms with Crippen molar-refractivity contribution in [1.82, 2.24) is 0 Å². The maximum absolute atomic E-state index is 14.2. The Kier molecular flexibility index (Phi) is 12.4. The van der Waals surface area contributed by atoms with E-state index in [4.69, 9.17) is 9.47 Å². The Morgan fingerprint density at radius 2 is 1.42 bits per heavy atom. The quantitative estimate of drug-likeness (QED) is 0.107. The maximum atomic E-state index is 14.2. The van der Waals surface area contributed by atoms with E-state index in [-0.39, 0.29) is 28.2 Å². The van der Waals surface area contributed by atoms with Crippen LogP contribution in [-0.4, -0.2) is 48.0 Å². The first-order chi connectivity index (χ1) is 18.5. The molecule has 0 radical (unpaired) electrons. The van der Waals surface area contributed by atoms with Crippen LogP contribution in [0.1, 0.15) is 94.0 Å². The second-order valence-corrected chi connectivity index (χ2v) is 24.7. The molecule has 1 aliphatic heterocycles. The zero-order valence-electron chi connectivity index (χ0n) is 24.0. The third kappa shape index (κ3) is 6.91. The second kappa shape index (κ2) is 15.2. The number of ketones is 1. The van der Waals surface area contributed by atoms with Crippen LogP contribution in [0.4, 0.5) is 0 Å². The molecule has 1 saturated heterocycles. The van der Waals surface area contributed by atoms with E-state index in [0.717, 1.165) is 24.8 Å². The molecule has 2 aromatic rings. The molecule has 3 rings (SSSR count). The summed E-state index contributed by atoms with van der Waals surface area (Å²) in [4.78, 5) is 27.9. The van der Waals surface area contributed by atoms with Crippen molar-refractivity contribution in [2.45, 2.75) is 95.5 Å². The first-order valence-electron chi connectivity index (χ1n) is 14.8. The first kappa shape index (κ1) is 30.9. The average molecular weight is 627 g/mol. The molecule has 208 valence electrons. The van der Waals surface area contributed by atoms with E-state index < -0.39 is 23.8 Å². The number of ether oxygens (including phenoxy) is 2. The van der Waals surface area contributed by atoms with Gasteiger partial charge in [0.2, 0.25) is 0 Å². The van der Waals surface area contributed by atoms with Crippen LogP contribution in [0, 0.1) is 5.41 Å². The molecule has 0 unspecified atom stereocenters. The molecule has 0 spiro atoms. The molecule has 0 bridgehead atoms. The van der Waals surface area contributed by atoms with Crippen molar-refractivity contribution in [3.05, 3.63) is 71.8 Å². The van der Waals surface area contributed by atoms with Crippen LogP contribution in [0.3, 0.4) is 0 Å². The molecule has 1 aliphatic rings. The molecule has 0 N–H and O–H groups in total. The van der Waals surface area contributed by atoms with Crippen LogP contribution in [0.2, 0.25) is 13.3 Å². The van der Waals surface area contributed by atoms with Gasteiger partial charge in [-0.2, -0.15) is 0 Å². The number of hydrogen-bond acceptors (Lipinski definition) is 4. The van der Waals surface area contributed by atoms with E-state index in [9.17, 15) is 9.59 Å². The van der Waals surface area contributed by atoms with Crippen molar-refractivity contribution in [3.8, 4) is 0 Å². The zero-order valence-corrected chi connectivity index (χ0v) is 26.9. The van der Waals surface area contributed by atoms with E-state index in [2.05, 4.69) is 32.9 Å². The molecule has 0 saturated carbocycles. The van der Waals surface area contributed by atoms with E-state index in [1.807, 2.05) is 48.5 Å². The van der Waals surface area contributed by atoms with Gasteiger partial charge < -0.3 is 0 Å². The predicted molar refractivity (Wildman–Crippen MR) is 158 cm³/mol. The molecule has 4 nitrogen and oxygen atoms in total. The van der Waals surface area contributed by atoms with Gasteiger partial charge in [0.25, 0.3) is 0 Å². The van der Waals surface area contributed by atoms with Crippen LogP contribution < -0.4 is 0 Å². The van der Waals surface area contributed by atoms with Gasteiger partial charge >= 0.3 is 236 Å². The molecule has 38 heavy (non-hydrogen) atoms. The molecule has 0 aliphatic carbocycles. The molecule has 1 heterocycles. The van der Waals surface area contributed by atoms with Crippen molar-refractivity contribution in [2.24, 2.45) is 5.41 Å². The number of esters is 1. The Morgan fingerprint density at radius 3 is 1.92 bits per heavy atom. The summed E-state index contributed by atoms with van der Waals surface area (Å²) in [5, 5.41) is 0. The fourth-order valence-electron chi connectivity index (χ4n) is 6.81. The Balaban J connectivity index is 2.19. The van der Waals surface area contributed by atoms with Gasteiger partial charge in [-0.05, 0) is 0 Å². The summed E-state index contributed by atoms with van der Waals surface area (Å²) >= 11 is -3.11. The first-order valence-corrected chi connectivity index (χ1v) is 22.5. The predicted octanol–water partition coefficient (Wildman–Crippen LogP) is 8.38. The van der Waals surface area contributed by atoms with Crippen LogP contribution in [-0.2, 0) is 14.3 Å². The molecule has 1 fully saturated rings. The Bertz CT molecular complexity index is 971. The number of hydrogen-bond donors (Lipinski definition) is 0. The van der Waals surface area contributed by atoms with Gasteiger partial charge in [0.05, 0.1) is 0 Å². The van der Waals surface area contributed by atoms with Crippen LogP contribution in [0.15, 0.2) is 60.7 Å². The van der Waals surface area contributed by atoms with Gasteiger partial charge in [-0.3, -0.25) is 0 Å². The summed E-state index contributed by atoms with van der Waals surface area (Å²) in [6.45, 7) is 7.37. The Labute approximate surface area is 234 Å². The number of methoxy groups -OCH3 is 1. The number of carbonyl (C=O) groups is 2. The Morgan fingerprint density at radius 1 is 0.895 bits per heavy atom. The summed E-state index contributed by atoms with van der Waals surface area (Å²) < 4.78 is 16.1. The van der Waals surface area contributed by atoms with Crippen molar-refractivity contribution in [2.75, 3.05) is 13.7 Å². The van der Waals surface area contributed by atoms with Gasteiger partial charge in [-0.25, -0.2) is 0 Å². The monoisotopic (exact) mass is 628 g/mol. The zero-order chi connectivity index (χ0) is 27.4. The number of carbonyl (C=O) groups excluding carboxylic acids is 2. The van der Waals surface area contributed by atoms with Crippen LogP contribution in [0.5, 0.6) is 0 Å². The molecular weight excluding hydrogens is 579 g/mol. The summed E-state index contributed by atoms with van der Waals surface area (Å²) in [5.74, 6) is -0.387. The molecule has 5 heteroatoms. The van der Waals surface area contributed by atoms with Gasteiger partial charge in [0.1, 0.15) is 0 Å². The number of rotatable bonds is 16. The minimum atomic E-state index is -3.11. The van der Waals surface area contributed by atoms with Gasteiger partial charge in [0, 0.05) is 0 Å². The van der Waals surface area contributed by atoms with Gasteiger partial charge in [0.15, 0.2) is 0 Å². The number of benzene rings is 2. The number of Topliss-reactive ketones (excluding diaryl/α,β-unsaturated/α-hetero) is 1. The van der Waals surface area contributed by atoms with Crippen molar-refractivity contribution in [3.63, 3.8) is 0 Å². The molecule has 2 aromatic carbocycles. The average Bonchev–Trinajstić information content (AvgIpc) is 3.42. The summed E-state index contributed by atoms with van der Waals surface area (Å²) in [7, 11) is 1.52. The summed E-state index contributed by atoms with van der Waals surface area (Å²) in [6, 6.07) is 19.7. The Hall–Kier alpha value is -1.66. The summed E-state index contributed by atoms with van der Waals surface area (Å²) in [5.41, 5.74) is 0.909. The minimum absolute atomic E-state index is 0.0739. The molecular formula is C33H48O4Sn. The normalized spacial score (nSPS) is 20.3. The second-order valence-electron chi connectivity index (χ2n) is 11.2. The van der Waals surface area contributed by atoms with E-state index in [0.29, 0.717) is 18.6 Å². The number of unbranched alkanes of at least 4 members (excludes halogenated alkanes) is 3. The molecule has 0 amide bonds. The third-order valence-electron chi connectivity index (χ3n) is 8.78. The van der Waals surface area contributed by atoms with E-state index in [1.165, 1.54) is 39.7 Å². The molecule has 0 aromatic heterocycles. The standard InChI is InChI=1S/C21H21O4.3C4H9.Sn/c1-24-20(23)21(12-13-25-15-21)18(16-8-4-2-5-9-16)14-19(22)17-10-6-3-7-11-17;3*1-3-4-2;/h2-11,15,18H,12-14H2,1H3;3*1,3-4H2,2H3;/t18-,21-;;;;/m1..../s1. The SMILES string of the molecule is CCC[CH2][Sn]([CH2]CCC)([CH2]CCC)[C@H]1OCC[C@]1(C(=O)OC)[C@H](CC(=O)c1ccccc1)c1ccccc1. The van der Waals surface area contributed by atoms with Crippen molar-refractivity contribution < 1.29 is 19.1 Å². The molecule has 3 atom stereocenters. The van der Waals surface area contributed by atoms with Crippen molar-refractivity contribution in [1.29, 1.82) is 0 Å². The fourth-order valence-corrected chi connectivity index (χ4v) is 26.0. The topological polar surface area (TPSA) is 52.6 Å².